The van der Waals surface area contributed by atoms with Crippen LogP contribution < -0.4 is 0 Å². The Bertz CT molecular complexity index is 3340. The van der Waals surface area contributed by atoms with E-state index in [2.05, 4.69) is 173 Å². The molecule has 0 spiro atoms. The van der Waals surface area contributed by atoms with Crippen LogP contribution in [-0.4, -0.2) is 24.2 Å². The molecule has 8 aromatic carbocycles. The fourth-order valence-corrected chi connectivity index (χ4v) is 8.53. The summed E-state index contributed by atoms with van der Waals surface area (Å²) < 4.78 is 4.50. The maximum atomic E-state index is 11.3. The van der Waals surface area contributed by atoms with Gasteiger partial charge in [-0.15, -0.1) is 23.8 Å². The molecule has 0 saturated carbocycles. The molecule has 6 heteroatoms. The van der Waals surface area contributed by atoms with Crippen molar-refractivity contribution >= 4 is 32.8 Å². The van der Waals surface area contributed by atoms with Crippen molar-refractivity contribution in [2.45, 2.75) is 0 Å². The van der Waals surface area contributed by atoms with Gasteiger partial charge in [0.2, 0.25) is 0 Å². The second-order valence-electron chi connectivity index (χ2n) is 14.7. The molecule has 0 saturated heterocycles. The predicted octanol–water partition coefficient (Wildman–Crippen LogP) is 13.4. The molecule has 0 radical (unpaired) electrons. The molecular formula is C54H35N4OPt-. The van der Waals surface area contributed by atoms with Crippen LogP contribution in [0.15, 0.2) is 206 Å². The molecule has 3 aromatic heterocycles. The Morgan fingerprint density at radius 2 is 1.08 bits per heavy atom. The predicted molar refractivity (Wildman–Crippen MR) is 241 cm³/mol. The number of phenols is 1. The summed E-state index contributed by atoms with van der Waals surface area (Å²) in [4.78, 5) is 10.6. The van der Waals surface area contributed by atoms with Crippen LogP contribution in [0.3, 0.4) is 0 Å². The molecule has 0 aliphatic heterocycles. The van der Waals surface area contributed by atoms with Gasteiger partial charge in [-0.05, 0) is 59.7 Å². The number of phenolic OH excluding ortho intramolecular Hbond substituents is 1. The van der Waals surface area contributed by atoms with Crippen LogP contribution in [0.25, 0.3) is 100 Å². The minimum Gasteiger partial charge on any atom is -0.507 e. The number of rotatable bonds is 7. The van der Waals surface area contributed by atoms with E-state index in [1.807, 2.05) is 42.6 Å². The van der Waals surface area contributed by atoms with Gasteiger partial charge in [-0.25, -0.2) is 4.98 Å². The van der Waals surface area contributed by atoms with E-state index >= 15 is 0 Å². The Labute approximate surface area is 361 Å². The summed E-state index contributed by atoms with van der Waals surface area (Å²) in [6.07, 6.45) is 1.91. The Kier molecular flexibility index (Phi) is 9.52. The van der Waals surface area contributed by atoms with Crippen molar-refractivity contribution in [2.75, 3.05) is 0 Å². The number of imidazole rings is 1. The van der Waals surface area contributed by atoms with Crippen molar-refractivity contribution in [3.05, 3.63) is 212 Å². The van der Waals surface area contributed by atoms with Gasteiger partial charge in [0.1, 0.15) is 11.6 Å². The molecule has 0 aliphatic carbocycles. The SMILES string of the molecule is Oc1ccccc1-c1nc2c(-c3[c-]c(-c4nccc5c6ccccc6n(-c6ccccc6)c45)cc(-c4ccccc4)c3)cccc2n1-c1ccccc1-c1ccccc1.[Pt]. The number of nitrogens with zero attached hydrogens (tertiary/aromatic N) is 4. The molecule has 0 atom stereocenters. The zero-order valence-corrected chi connectivity index (χ0v) is 34.5. The van der Waals surface area contributed by atoms with Gasteiger partial charge < -0.3 is 9.67 Å². The first-order valence-corrected chi connectivity index (χ1v) is 19.7. The number of pyridine rings is 1. The van der Waals surface area contributed by atoms with E-state index in [9.17, 15) is 5.11 Å². The summed E-state index contributed by atoms with van der Waals surface area (Å²) in [5, 5.41) is 13.6. The van der Waals surface area contributed by atoms with E-state index in [1.54, 1.807) is 6.07 Å². The number of hydrogen-bond donors (Lipinski definition) is 1. The monoisotopic (exact) mass is 950 g/mol. The number of aromatic nitrogens is 4. The second kappa shape index (κ2) is 15.4. The van der Waals surface area contributed by atoms with E-state index in [4.69, 9.17) is 9.97 Å². The molecule has 0 amide bonds. The van der Waals surface area contributed by atoms with E-state index < -0.39 is 0 Å². The smallest absolute Gasteiger partial charge is 0.148 e. The molecule has 11 aromatic rings. The molecular weight excluding hydrogens is 916 g/mol. The fraction of sp³-hybridized carbons (Fsp3) is 0. The Morgan fingerprint density at radius 1 is 0.467 bits per heavy atom. The summed E-state index contributed by atoms with van der Waals surface area (Å²) in [6, 6.07) is 72.4. The molecule has 0 aliphatic rings. The van der Waals surface area contributed by atoms with Crippen LogP contribution in [0.1, 0.15) is 0 Å². The van der Waals surface area contributed by atoms with Crippen LogP contribution >= 0.6 is 0 Å². The number of aromatic hydroxyl groups is 1. The van der Waals surface area contributed by atoms with E-state index in [1.165, 1.54) is 0 Å². The van der Waals surface area contributed by atoms with Crippen molar-refractivity contribution in [3.8, 4) is 73.2 Å². The van der Waals surface area contributed by atoms with Crippen LogP contribution in [0.4, 0.5) is 0 Å². The minimum absolute atomic E-state index is 0. The summed E-state index contributed by atoms with van der Waals surface area (Å²) in [5.74, 6) is 0.808. The van der Waals surface area contributed by atoms with Gasteiger partial charge in [0, 0.05) is 60.5 Å². The standard InChI is InChI=1S/C54H35N4O.Pt/c59-50-30-15-12-25-46(50)54-56-52-43(26-16-29-49(52)58(54)47-27-13-10-23-42(47)37-19-6-2-7-20-37)39-33-38(36-17-4-1-5-18-36)34-40(35-39)51-53-45(31-32-55-51)44-24-11-14-28-48(44)57(53)41-21-8-3-9-22-41;/h1-34,59H;/q-1;. The zero-order valence-electron chi connectivity index (χ0n) is 32.2. The summed E-state index contributed by atoms with van der Waals surface area (Å²) in [5.41, 5.74) is 14.3. The maximum absolute atomic E-state index is 11.3. The molecule has 11 rings (SSSR count). The third-order valence-corrected chi connectivity index (χ3v) is 11.2. The van der Waals surface area contributed by atoms with Crippen LogP contribution in [0.2, 0.25) is 0 Å². The number of hydrogen-bond acceptors (Lipinski definition) is 3. The quantitative estimate of drug-likeness (QED) is 0.162. The first kappa shape index (κ1) is 37.0. The molecule has 0 unspecified atom stereocenters. The first-order chi connectivity index (χ1) is 29.2. The van der Waals surface area contributed by atoms with Crippen LogP contribution in [-0.2, 0) is 21.1 Å². The maximum Gasteiger partial charge on any atom is 0.148 e. The number of para-hydroxylation sites is 5. The van der Waals surface area contributed by atoms with Gasteiger partial charge in [-0.2, -0.15) is 0 Å². The average molecular weight is 951 g/mol. The van der Waals surface area contributed by atoms with Crippen molar-refractivity contribution < 1.29 is 26.2 Å². The summed E-state index contributed by atoms with van der Waals surface area (Å²) >= 11 is 0. The summed E-state index contributed by atoms with van der Waals surface area (Å²) in [7, 11) is 0. The van der Waals surface area contributed by atoms with E-state index in [0.29, 0.717) is 11.4 Å². The Hall–Kier alpha value is -7.33. The largest absolute Gasteiger partial charge is 0.507 e. The number of benzene rings is 8. The van der Waals surface area contributed by atoms with Crippen LogP contribution in [0, 0.1) is 6.07 Å². The van der Waals surface area contributed by atoms with Crippen molar-refractivity contribution in [1.29, 1.82) is 0 Å². The molecule has 288 valence electrons. The van der Waals surface area contributed by atoms with Gasteiger partial charge in [0.05, 0.1) is 27.8 Å². The topological polar surface area (TPSA) is 55.9 Å². The summed E-state index contributed by atoms with van der Waals surface area (Å²) in [6.45, 7) is 0. The molecule has 60 heavy (non-hydrogen) atoms. The molecule has 3 heterocycles. The van der Waals surface area contributed by atoms with Crippen LogP contribution in [0.5, 0.6) is 5.75 Å². The first-order valence-electron chi connectivity index (χ1n) is 19.7. The van der Waals surface area contributed by atoms with Crippen molar-refractivity contribution in [3.63, 3.8) is 0 Å². The van der Waals surface area contributed by atoms with Crippen molar-refractivity contribution in [2.24, 2.45) is 0 Å². The zero-order chi connectivity index (χ0) is 39.3. The third kappa shape index (κ3) is 6.23. The second-order valence-corrected chi connectivity index (χ2v) is 14.7. The molecule has 0 bridgehead atoms. The molecule has 0 fully saturated rings. The van der Waals surface area contributed by atoms with Gasteiger partial charge in [-0.3, -0.25) is 9.55 Å². The third-order valence-electron chi connectivity index (χ3n) is 11.2. The van der Waals surface area contributed by atoms with E-state index in [-0.39, 0.29) is 26.8 Å². The average Bonchev–Trinajstić information content (AvgIpc) is 3.86. The van der Waals surface area contributed by atoms with Crippen molar-refractivity contribution in [1.82, 2.24) is 19.1 Å². The Morgan fingerprint density at radius 3 is 1.87 bits per heavy atom. The van der Waals surface area contributed by atoms with Gasteiger partial charge in [-0.1, -0.05) is 156 Å². The Balaban J connectivity index is 0.00000433. The van der Waals surface area contributed by atoms with Gasteiger partial charge in [0.15, 0.2) is 0 Å². The molecule has 5 nitrogen and oxygen atoms in total. The number of fused-ring (bicyclic) bond motifs is 4. The van der Waals surface area contributed by atoms with Gasteiger partial charge >= 0.3 is 0 Å². The molecule has 1 N–H and O–H groups in total. The fourth-order valence-electron chi connectivity index (χ4n) is 8.53. The van der Waals surface area contributed by atoms with Gasteiger partial charge in [0.25, 0.3) is 0 Å². The normalized spacial score (nSPS) is 11.3. The minimum atomic E-state index is 0. The van der Waals surface area contributed by atoms with E-state index in [0.717, 1.165) is 88.9 Å².